The molecule has 2 N–H and O–H groups in total. The van der Waals surface area contributed by atoms with E-state index in [-0.39, 0.29) is 11.5 Å². The van der Waals surface area contributed by atoms with Crippen LogP contribution in [0.2, 0.25) is 0 Å². The number of nitrogens with one attached hydrogen (secondary N) is 1. The molecule has 1 unspecified atom stereocenters. The van der Waals surface area contributed by atoms with Crippen LogP contribution in [-0.2, 0) is 0 Å². The highest BCUT2D eigenvalue weighted by Crippen LogP contribution is 2.47. The Morgan fingerprint density at radius 1 is 1.12 bits per heavy atom. The number of hydrogen-bond donors (Lipinski definition) is 2. The van der Waals surface area contributed by atoms with E-state index in [0.717, 1.165) is 18.5 Å². The van der Waals surface area contributed by atoms with E-state index in [1.807, 2.05) is 0 Å². The first-order chi connectivity index (χ1) is 7.46. The third-order valence-corrected chi connectivity index (χ3v) is 4.53. The second kappa shape index (κ2) is 3.92. The van der Waals surface area contributed by atoms with Crippen molar-refractivity contribution in [1.82, 2.24) is 4.98 Å². The van der Waals surface area contributed by atoms with Gasteiger partial charge in [-0.1, -0.05) is 19.8 Å². The van der Waals surface area contributed by atoms with Gasteiger partial charge in [0.15, 0.2) is 0 Å². The number of aromatic amines is 1. The van der Waals surface area contributed by atoms with E-state index in [2.05, 4.69) is 32.7 Å². The molecule has 2 heteroatoms. The van der Waals surface area contributed by atoms with Gasteiger partial charge in [-0.05, 0) is 50.2 Å². The Bertz CT molecular complexity index is 386. The summed E-state index contributed by atoms with van der Waals surface area (Å²) in [6.45, 7) is 8.52. The standard InChI is InChI=1S/C14H23NO/c1-9-10(2)12(15-11(9)3)13(16)14(4)7-5-6-8-14/h13,15-16H,5-8H2,1-4H3. The van der Waals surface area contributed by atoms with Crippen LogP contribution >= 0.6 is 0 Å². The van der Waals surface area contributed by atoms with Crippen molar-refractivity contribution in [3.63, 3.8) is 0 Å². The molecule has 0 amide bonds. The molecule has 1 aromatic rings. The van der Waals surface area contributed by atoms with E-state index in [9.17, 15) is 5.11 Å². The molecule has 1 aliphatic rings. The Balaban J connectivity index is 2.33. The highest BCUT2D eigenvalue weighted by molar-refractivity contribution is 5.36. The van der Waals surface area contributed by atoms with Crippen molar-refractivity contribution in [1.29, 1.82) is 0 Å². The minimum absolute atomic E-state index is 0.0779. The molecular weight excluding hydrogens is 198 g/mol. The van der Waals surface area contributed by atoms with E-state index in [4.69, 9.17) is 0 Å². The van der Waals surface area contributed by atoms with Crippen LogP contribution in [0.25, 0.3) is 0 Å². The van der Waals surface area contributed by atoms with E-state index in [1.54, 1.807) is 0 Å². The van der Waals surface area contributed by atoms with Crippen molar-refractivity contribution >= 4 is 0 Å². The van der Waals surface area contributed by atoms with Crippen LogP contribution in [0, 0.1) is 26.2 Å². The van der Waals surface area contributed by atoms with Gasteiger partial charge in [-0.3, -0.25) is 0 Å². The van der Waals surface area contributed by atoms with Gasteiger partial charge in [-0.2, -0.15) is 0 Å². The van der Waals surface area contributed by atoms with E-state index >= 15 is 0 Å². The lowest BCUT2D eigenvalue weighted by Crippen LogP contribution is -2.22. The topological polar surface area (TPSA) is 36.0 Å². The molecule has 0 aromatic carbocycles. The second-order valence-corrected chi connectivity index (χ2v) is 5.68. The summed E-state index contributed by atoms with van der Waals surface area (Å²) in [6, 6.07) is 0. The van der Waals surface area contributed by atoms with Crippen molar-refractivity contribution in [3.8, 4) is 0 Å². The minimum atomic E-state index is -0.331. The average Bonchev–Trinajstić information content (AvgIpc) is 2.79. The van der Waals surface area contributed by atoms with Gasteiger partial charge in [0.25, 0.3) is 0 Å². The van der Waals surface area contributed by atoms with Crippen LogP contribution in [0.1, 0.15) is 61.2 Å². The van der Waals surface area contributed by atoms with Gasteiger partial charge in [0, 0.05) is 11.4 Å². The normalized spacial score (nSPS) is 21.3. The van der Waals surface area contributed by atoms with Crippen molar-refractivity contribution in [2.24, 2.45) is 5.41 Å². The van der Waals surface area contributed by atoms with Crippen molar-refractivity contribution in [2.45, 2.75) is 59.5 Å². The number of aromatic nitrogens is 1. The molecule has 0 aliphatic heterocycles. The van der Waals surface area contributed by atoms with Crippen LogP contribution in [0.4, 0.5) is 0 Å². The number of H-pyrrole nitrogens is 1. The summed E-state index contributed by atoms with van der Waals surface area (Å²) in [5, 5.41) is 10.6. The number of aliphatic hydroxyl groups excluding tert-OH is 1. The summed E-state index contributed by atoms with van der Waals surface area (Å²) in [6.07, 6.45) is 4.47. The third-order valence-electron chi connectivity index (χ3n) is 4.53. The minimum Gasteiger partial charge on any atom is -0.386 e. The van der Waals surface area contributed by atoms with E-state index < -0.39 is 0 Å². The second-order valence-electron chi connectivity index (χ2n) is 5.68. The molecular formula is C14H23NO. The number of aliphatic hydroxyl groups is 1. The molecule has 16 heavy (non-hydrogen) atoms. The number of rotatable bonds is 2. The summed E-state index contributed by atoms with van der Waals surface area (Å²) in [4.78, 5) is 3.36. The SMILES string of the molecule is Cc1[nH]c(C(O)C2(C)CCCC2)c(C)c1C. The molecule has 0 radical (unpaired) electrons. The first kappa shape index (κ1) is 11.7. The smallest absolute Gasteiger partial charge is 0.0993 e. The summed E-state index contributed by atoms with van der Waals surface area (Å²) in [5.74, 6) is 0. The molecule has 2 nitrogen and oxygen atoms in total. The fourth-order valence-electron chi connectivity index (χ4n) is 2.95. The zero-order chi connectivity index (χ0) is 11.9. The van der Waals surface area contributed by atoms with Gasteiger partial charge in [0.1, 0.15) is 0 Å². The molecule has 90 valence electrons. The first-order valence-electron chi connectivity index (χ1n) is 6.29. The average molecular weight is 221 g/mol. The fourth-order valence-corrected chi connectivity index (χ4v) is 2.95. The molecule has 0 saturated heterocycles. The Morgan fingerprint density at radius 2 is 1.69 bits per heavy atom. The Labute approximate surface area is 98.1 Å². The van der Waals surface area contributed by atoms with E-state index in [0.29, 0.717) is 0 Å². The summed E-state index contributed by atoms with van der Waals surface area (Å²) >= 11 is 0. The van der Waals surface area contributed by atoms with Gasteiger partial charge >= 0.3 is 0 Å². The highest BCUT2D eigenvalue weighted by atomic mass is 16.3. The highest BCUT2D eigenvalue weighted by Gasteiger charge is 2.38. The summed E-state index contributed by atoms with van der Waals surface area (Å²) < 4.78 is 0. The largest absolute Gasteiger partial charge is 0.386 e. The van der Waals surface area contributed by atoms with Gasteiger partial charge in [-0.15, -0.1) is 0 Å². The van der Waals surface area contributed by atoms with Gasteiger partial charge in [-0.25, -0.2) is 0 Å². The quantitative estimate of drug-likeness (QED) is 0.787. The van der Waals surface area contributed by atoms with Crippen molar-refractivity contribution in [3.05, 3.63) is 22.5 Å². The molecule has 1 aliphatic carbocycles. The predicted octanol–water partition coefficient (Wildman–Crippen LogP) is 3.55. The lowest BCUT2D eigenvalue weighted by Gasteiger charge is -2.30. The predicted molar refractivity (Wildman–Crippen MR) is 66.5 cm³/mol. The monoisotopic (exact) mass is 221 g/mol. The first-order valence-corrected chi connectivity index (χ1v) is 6.29. The maximum Gasteiger partial charge on any atom is 0.0993 e. The molecule has 1 atom stereocenters. The lowest BCUT2D eigenvalue weighted by atomic mass is 9.80. The lowest BCUT2D eigenvalue weighted by molar-refractivity contribution is 0.0372. The van der Waals surface area contributed by atoms with Gasteiger partial charge < -0.3 is 10.1 Å². The van der Waals surface area contributed by atoms with Crippen LogP contribution in [0.3, 0.4) is 0 Å². The molecule has 0 bridgehead atoms. The zero-order valence-electron chi connectivity index (χ0n) is 10.9. The zero-order valence-corrected chi connectivity index (χ0v) is 10.9. The van der Waals surface area contributed by atoms with Gasteiger partial charge in [0.2, 0.25) is 0 Å². The third kappa shape index (κ3) is 1.69. The van der Waals surface area contributed by atoms with Crippen molar-refractivity contribution in [2.75, 3.05) is 0 Å². The molecule has 1 fully saturated rings. The Kier molecular flexibility index (Phi) is 2.87. The molecule has 1 heterocycles. The molecule has 1 saturated carbocycles. The van der Waals surface area contributed by atoms with Crippen LogP contribution in [0.5, 0.6) is 0 Å². The maximum atomic E-state index is 10.6. The van der Waals surface area contributed by atoms with Crippen LogP contribution < -0.4 is 0 Å². The van der Waals surface area contributed by atoms with Crippen LogP contribution in [0.15, 0.2) is 0 Å². The Hall–Kier alpha value is -0.760. The van der Waals surface area contributed by atoms with Crippen molar-refractivity contribution < 1.29 is 5.11 Å². The number of aryl methyl sites for hydroxylation is 1. The molecule has 2 rings (SSSR count). The number of hydrogen-bond acceptors (Lipinski definition) is 1. The molecule has 1 aromatic heterocycles. The molecule has 0 spiro atoms. The Morgan fingerprint density at radius 3 is 2.12 bits per heavy atom. The van der Waals surface area contributed by atoms with E-state index in [1.165, 1.54) is 29.7 Å². The fraction of sp³-hybridized carbons (Fsp3) is 0.714. The maximum absolute atomic E-state index is 10.6. The van der Waals surface area contributed by atoms with Gasteiger partial charge in [0.05, 0.1) is 6.10 Å². The summed E-state index contributed by atoms with van der Waals surface area (Å²) in [7, 11) is 0. The summed E-state index contributed by atoms with van der Waals surface area (Å²) in [5.41, 5.74) is 4.83. The van der Waals surface area contributed by atoms with Crippen LogP contribution in [-0.4, -0.2) is 10.1 Å².